The van der Waals surface area contributed by atoms with Crippen molar-refractivity contribution in [3.05, 3.63) is 59.4 Å². The van der Waals surface area contributed by atoms with Crippen molar-refractivity contribution in [2.24, 2.45) is 0 Å². The molecule has 1 aliphatic heterocycles. The van der Waals surface area contributed by atoms with Gasteiger partial charge in [0.2, 0.25) is 11.8 Å². The number of carbonyl (C=O) groups is 2. The minimum atomic E-state index is -0.393. The molecule has 2 heterocycles. The van der Waals surface area contributed by atoms with Crippen molar-refractivity contribution in [3.63, 3.8) is 0 Å². The predicted octanol–water partition coefficient (Wildman–Crippen LogP) is 3.09. The fourth-order valence-corrected chi connectivity index (χ4v) is 3.79. The number of imidazole rings is 1. The van der Waals surface area contributed by atoms with E-state index >= 15 is 0 Å². The van der Waals surface area contributed by atoms with Gasteiger partial charge in [0.25, 0.3) is 0 Å². The van der Waals surface area contributed by atoms with E-state index < -0.39 is 6.10 Å². The van der Waals surface area contributed by atoms with E-state index in [-0.39, 0.29) is 24.9 Å². The predicted molar refractivity (Wildman–Crippen MR) is 115 cm³/mol. The lowest BCUT2D eigenvalue weighted by molar-refractivity contribution is -0.130. The molecule has 2 amide bonds. The van der Waals surface area contributed by atoms with Crippen molar-refractivity contribution in [2.75, 3.05) is 11.9 Å². The molecule has 1 saturated heterocycles. The fraction of sp³-hybridized carbons (Fsp3) is 0.348. The van der Waals surface area contributed by atoms with Crippen LogP contribution in [0.5, 0.6) is 0 Å². The van der Waals surface area contributed by atoms with E-state index in [1.165, 1.54) is 0 Å². The zero-order valence-electron chi connectivity index (χ0n) is 17.3. The Kier molecular flexibility index (Phi) is 5.81. The second-order valence-electron chi connectivity index (χ2n) is 7.69. The maximum Gasteiger partial charge on any atom is 0.249 e. The zero-order valence-corrected chi connectivity index (χ0v) is 17.3. The van der Waals surface area contributed by atoms with Gasteiger partial charge in [-0.05, 0) is 50.5 Å². The van der Waals surface area contributed by atoms with Crippen LogP contribution in [0.4, 0.5) is 5.69 Å². The van der Waals surface area contributed by atoms with Crippen molar-refractivity contribution >= 4 is 28.5 Å². The molecule has 0 aliphatic carbocycles. The van der Waals surface area contributed by atoms with Crippen LogP contribution < -0.4 is 10.6 Å². The average Bonchev–Trinajstić information content (AvgIpc) is 3.37. The van der Waals surface area contributed by atoms with Gasteiger partial charge in [0.15, 0.2) is 0 Å². The highest BCUT2D eigenvalue weighted by atomic mass is 16.5. The van der Waals surface area contributed by atoms with E-state index in [1.54, 1.807) is 0 Å². The van der Waals surface area contributed by atoms with Gasteiger partial charge in [-0.1, -0.05) is 29.8 Å². The summed E-state index contributed by atoms with van der Waals surface area (Å²) in [6.07, 6.45) is 1.24. The van der Waals surface area contributed by atoms with Gasteiger partial charge < -0.3 is 19.9 Å². The number of aromatic nitrogens is 2. The maximum atomic E-state index is 12.8. The quantitative estimate of drug-likeness (QED) is 0.659. The molecule has 4 rings (SSSR count). The van der Waals surface area contributed by atoms with Crippen LogP contribution in [0.2, 0.25) is 0 Å². The Morgan fingerprint density at radius 2 is 2.03 bits per heavy atom. The Labute approximate surface area is 175 Å². The minimum Gasteiger partial charge on any atom is -0.368 e. The Morgan fingerprint density at radius 3 is 2.80 bits per heavy atom. The van der Waals surface area contributed by atoms with Crippen LogP contribution in [0.1, 0.15) is 29.8 Å². The van der Waals surface area contributed by atoms with E-state index in [4.69, 9.17) is 4.74 Å². The Morgan fingerprint density at radius 1 is 1.20 bits per heavy atom. The van der Waals surface area contributed by atoms with Crippen molar-refractivity contribution in [3.8, 4) is 0 Å². The number of hydrogen-bond donors (Lipinski definition) is 2. The van der Waals surface area contributed by atoms with Crippen LogP contribution in [-0.2, 0) is 27.4 Å². The molecular formula is C23H26N4O3. The molecule has 1 atom stereocenters. The summed E-state index contributed by atoms with van der Waals surface area (Å²) in [7, 11) is 0. The summed E-state index contributed by atoms with van der Waals surface area (Å²) in [5, 5.41) is 5.88. The van der Waals surface area contributed by atoms with Crippen molar-refractivity contribution < 1.29 is 14.3 Å². The van der Waals surface area contributed by atoms with Gasteiger partial charge in [-0.2, -0.15) is 0 Å². The highest BCUT2D eigenvalue weighted by Crippen LogP contribution is 2.19. The topological polar surface area (TPSA) is 85.2 Å². The number of benzene rings is 2. The molecule has 1 fully saturated rings. The van der Waals surface area contributed by atoms with E-state index in [0.717, 1.165) is 40.7 Å². The van der Waals surface area contributed by atoms with E-state index in [9.17, 15) is 9.59 Å². The third kappa shape index (κ3) is 4.36. The minimum absolute atomic E-state index is 0.110. The van der Waals surface area contributed by atoms with Gasteiger partial charge in [0.05, 0.1) is 17.6 Å². The van der Waals surface area contributed by atoms with Gasteiger partial charge in [-0.15, -0.1) is 0 Å². The largest absolute Gasteiger partial charge is 0.368 e. The molecule has 1 aliphatic rings. The smallest absolute Gasteiger partial charge is 0.249 e. The van der Waals surface area contributed by atoms with Gasteiger partial charge in [0.1, 0.15) is 18.5 Å². The second kappa shape index (κ2) is 8.67. The Hall–Kier alpha value is -3.19. The average molecular weight is 406 g/mol. The first-order valence-corrected chi connectivity index (χ1v) is 10.2. The lowest BCUT2D eigenvalue weighted by Gasteiger charge is -2.13. The third-order valence-corrected chi connectivity index (χ3v) is 5.33. The van der Waals surface area contributed by atoms with Gasteiger partial charge >= 0.3 is 0 Å². The number of hydrogen-bond acceptors (Lipinski definition) is 4. The number of nitrogens with one attached hydrogen (secondary N) is 2. The first-order chi connectivity index (χ1) is 14.5. The molecule has 1 unspecified atom stereocenters. The van der Waals surface area contributed by atoms with Crippen LogP contribution in [0.3, 0.4) is 0 Å². The number of para-hydroxylation sites is 2. The summed E-state index contributed by atoms with van der Waals surface area (Å²) in [5.74, 6) is 0.362. The molecule has 0 radical (unpaired) electrons. The van der Waals surface area contributed by atoms with Crippen LogP contribution in [0.25, 0.3) is 11.0 Å². The van der Waals surface area contributed by atoms with Gasteiger partial charge in [0, 0.05) is 12.3 Å². The molecule has 2 aromatic carbocycles. The molecule has 3 aromatic rings. The van der Waals surface area contributed by atoms with E-state index in [1.807, 2.05) is 60.9 Å². The fourth-order valence-electron chi connectivity index (χ4n) is 3.79. The molecule has 2 N–H and O–H groups in total. The number of rotatable bonds is 6. The monoisotopic (exact) mass is 406 g/mol. The summed E-state index contributed by atoms with van der Waals surface area (Å²) < 4.78 is 7.29. The molecule has 0 bridgehead atoms. The highest BCUT2D eigenvalue weighted by molar-refractivity contribution is 5.92. The molecule has 7 nitrogen and oxygen atoms in total. The first-order valence-electron chi connectivity index (χ1n) is 10.2. The van der Waals surface area contributed by atoms with Crippen LogP contribution in [0.15, 0.2) is 42.5 Å². The molecule has 156 valence electrons. The number of carbonyl (C=O) groups excluding carboxylic acids is 2. The lowest BCUT2D eigenvalue weighted by atomic mass is 10.1. The summed E-state index contributed by atoms with van der Waals surface area (Å²) in [5.41, 5.74) is 4.61. The van der Waals surface area contributed by atoms with Gasteiger partial charge in [-0.3, -0.25) is 9.59 Å². The molecule has 0 saturated carbocycles. The highest BCUT2D eigenvalue weighted by Gasteiger charge is 2.24. The zero-order chi connectivity index (χ0) is 21.1. The van der Waals surface area contributed by atoms with Crippen LogP contribution >= 0.6 is 0 Å². The maximum absolute atomic E-state index is 12.8. The van der Waals surface area contributed by atoms with Crippen LogP contribution in [0, 0.1) is 13.8 Å². The van der Waals surface area contributed by atoms with Crippen molar-refractivity contribution in [2.45, 2.75) is 45.9 Å². The number of ether oxygens (including phenoxy) is 1. The SMILES string of the molecule is Cc1ccc(NC(=O)Cn2c(CNC(=O)C3CCCO3)nc3ccccc32)c(C)c1. The first kappa shape index (κ1) is 20.1. The number of anilines is 1. The number of amides is 2. The molecule has 0 spiro atoms. The Balaban J connectivity index is 1.52. The summed E-state index contributed by atoms with van der Waals surface area (Å²) in [6, 6.07) is 13.6. The standard InChI is InChI=1S/C23H26N4O3/c1-15-9-10-17(16(2)12-15)26-22(28)14-27-19-7-4-3-6-18(19)25-21(27)13-24-23(29)20-8-5-11-30-20/h3-4,6-7,9-10,12,20H,5,8,11,13-14H2,1-2H3,(H,24,29)(H,26,28). The molecule has 7 heteroatoms. The van der Waals surface area contributed by atoms with E-state index in [0.29, 0.717) is 12.4 Å². The number of aryl methyl sites for hydroxylation is 2. The lowest BCUT2D eigenvalue weighted by Crippen LogP contribution is -2.34. The number of fused-ring (bicyclic) bond motifs is 1. The normalized spacial score (nSPS) is 16.0. The van der Waals surface area contributed by atoms with Crippen LogP contribution in [-0.4, -0.2) is 34.1 Å². The second-order valence-corrected chi connectivity index (χ2v) is 7.69. The molecular weight excluding hydrogens is 380 g/mol. The summed E-state index contributed by atoms with van der Waals surface area (Å²) in [4.78, 5) is 29.7. The van der Waals surface area contributed by atoms with Crippen molar-refractivity contribution in [1.29, 1.82) is 0 Å². The number of nitrogens with zero attached hydrogens (tertiary/aromatic N) is 2. The summed E-state index contributed by atoms with van der Waals surface area (Å²) in [6.45, 7) is 4.97. The van der Waals surface area contributed by atoms with E-state index in [2.05, 4.69) is 15.6 Å². The molecule has 1 aromatic heterocycles. The Bertz CT molecular complexity index is 1080. The summed E-state index contributed by atoms with van der Waals surface area (Å²) >= 11 is 0. The van der Waals surface area contributed by atoms with Gasteiger partial charge in [-0.25, -0.2) is 4.98 Å². The van der Waals surface area contributed by atoms with Crippen molar-refractivity contribution in [1.82, 2.24) is 14.9 Å². The third-order valence-electron chi connectivity index (χ3n) is 5.33. The molecule has 30 heavy (non-hydrogen) atoms.